The minimum absolute atomic E-state index is 0.161. The van der Waals surface area contributed by atoms with Gasteiger partial charge in [-0.15, -0.1) is 0 Å². The summed E-state index contributed by atoms with van der Waals surface area (Å²) in [6.07, 6.45) is 1.63. The molecule has 2 aromatic carbocycles. The van der Waals surface area contributed by atoms with Gasteiger partial charge in [0.05, 0.1) is 20.3 Å². The van der Waals surface area contributed by atoms with Crippen molar-refractivity contribution < 1.29 is 23.7 Å². The Bertz CT molecular complexity index is 737. The van der Waals surface area contributed by atoms with Gasteiger partial charge in [-0.3, -0.25) is 0 Å². The van der Waals surface area contributed by atoms with Gasteiger partial charge in [-0.25, -0.2) is 4.79 Å². The molecule has 0 fully saturated rings. The van der Waals surface area contributed by atoms with Crippen LogP contribution in [-0.2, 0) is 20.9 Å². The van der Waals surface area contributed by atoms with Crippen molar-refractivity contribution in [1.82, 2.24) is 0 Å². The lowest BCUT2D eigenvalue weighted by molar-refractivity contribution is -0.142. The minimum atomic E-state index is -0.488. The molecule has 2 rings (SSSR count). The second-order valence-electron chi connectivity index (χ2n) is 5.35. The van der Waals surface area contributed by atoms with E-state index in [0.29, 0.717) is 31.3 Å². The molecule has 0 aliphatic rings. The summed E-state index contributed by atoms with van der Waals surface area (Å²) in [5.41, 5.74) is 1.82. The Balaban J connectivity index is 2.18. The number of ether oxygens (including phenoxy) is 4. The normalized spacial score (nSPS) is 11.0. The highest BCUT2D eigenvalue weighted by Crippen LogP contribution is 2.29. The number of hydrogen-bond donors (Lipinski definition) is 0. The van der Waals surface area contributed by atoms with Gasteiger partial charge in [-0.1, -0.05) is 36.4 Å². The van der Waals surface area contributed by atoms with Gasteiger partial charge in [0.15, 0.2) is 11.5 Å². The van der Waals surface area contributed by atoms with Crippen LogP contribution < -0.4 is 9.47 Å². The first-order chi connectivity index (χ1) is 12.7. The summed E-state index contributed by atoms with van der Waals surface area (Å²) in [7, 11) is 1.58. The highest BCUT2D eigenvalue weighted by atomic mass is 16.6. The van der Waals surface area contributed by atoms with E-state index in [2.05, 4.69) is 0 Å². The van der Waals surface area contributed by atoms with Gasteiger partial charge in [0.25, 0.3) is 0 Å². The molecule has 0 spiro atoms. The maximum Gasteiger partial charge on any atom is 0.373 e. The lowest BCUT2D eigenvalue weighted by atomic mass is 10.1. The average molecular weight is 356 g/mol. The first kappa shape index (κ1) is 19.4. The molecule has 5 nitrogen and oxygen atoms in total. The first-order valence-electron chi connectivity index (χ1n) is 8.54. The smallest absolute Gasteiger partial charge is 0.373 e. The van der Waals surface area contributed by atoms with Gasteiger partial charge in [-0.05, 0) is 43.2 Å². The maximum absolute atomic E-state index is 11.9. The van der Waals surface area contributed by atoms with Gasteiger partial charge in [-0.2, -0.15) is 0 Å². The average Bonchev–Trinajstić information content (AvgIpc) is 2.67. The number of rotatable bonds is 9. The van der Waals surface area contributed by atoms with Crippen molar-refractivity contribution in [3.8, 4) is 11.5 Å². The van der Waals surface area contributed by atoms with Crippen molar-refractivity contribution in [3.63, 3.8) is 0 Å². The molecule has 0 N–H and O–H groups in total. The van der Waals surface area contributed by atoms with Crippen molar-refractivity contribution >= 4 is 12.0 Å². The third kappa shape index (κ3) is 5.55. The number of benzene rings is 2. The summed E-state index contributed by atoms with van der Waals surface area (Å²) in [5, 5.41) is 0. The summed E-state index contributed by atoms with van der Waals surface area (Å²) in [4.78, 5) is 11.9. The summed E-state index contributed by atoms with van der Waals surface area (Å²) in [5.74, 6) is 0.879. The predicted octanol–water partition coefficient (Wildman–Crippen LogP) is 4.21. The van der Waals surface area contributed by atoms with E-state index in [1.54, 1.807) is 26.2 Å². The first-order valence-corrected chi connectivity index (χ1v) is 8.54. The molecule has 0 aliphatic heterocycles. The summed E-state index contributed by atoms with van der Waals surface area (Å²) in [6.45, 7) is 4.68. The van der Waals surface area contributed by atoms with Crippen LogP contribution in [0.4, 0.5) is 0 Å². The quantitative estimate of drug-likeness (QED) is 0.383. The Morgan fingerprint density at radius 1 is 0.962 bits per heavy atom. The van der Waals surface area contributed by atoms with Gasteiger partial charge in [0.1, 0.15) is 6.61 Å². The highest BCUT2D eigenvalue weighted by molar-refractivity contribution is 5.91. The number of carbonyl (C=O) groups is 1. The van der Waals surface area contributed by atoms with Crippen molar-refractivity contribution in [3.05, 3.63) is 65.4 Å². The Hall–Kier alpha value is -2.95. The molecule has 0 unspecified atom stereocenters. The Morgan fingerprint density at radius 2 is 1.69 bits per heavy atom. The standard InChI is InChI=1S/C21H24O5/c1-4-24-20(21(22)25-5-2)14-17-11-12-18(19(13-17)23-3)26-15-16-9-7-6-8-10-16/h6-14H,4-5,15H2,1-3H3/b20-14-. The molecule has 0 aliphatic carbocycles. The van der Waals surface area contributed by atoms with E-state index in [-0.39, 0.29) is 5.76 Å². The fraction of sp³-hybridized carbons (Fsp3) is 0.286. The zero-order valence-electron chi connectivity index (χ0n) is 15.4. The molecule has 138 valence electrons. The molecule has 2 aromatic rings. The third-order valence-electron chi connectivity index (χ3n) is 3.50. The molecular formula is C21H24O5. The lowest BCUT2D eigenvalue weighted by Gasteiger charge is -2.12. The molecule has 0 radical (unpaired) electrons. The van der Waals surface area contributed by atoms with Crippen LogP contribution in [0, 0.1) is 0 Å². The minimum Gasteiger partial charge on any atom is -0.493 e. The van der Waals surface area contributed by atoms with Crippen LogP contribution >= 0.6 is 0 Å². The van der Waals surface area contributed by atoms with Crippen LogP contribution in [0.2, 0.25) is 0 Å². The van der Waals surface area contributed by atoms with Crippen LogP contribution in [-0.4, -0.2) is 26.3 Å². The van der Waals surface area contributed by atoms with E-state index in [4.69, 9.17) is 18.9 Å². The van der Waals surface area contributed by atoms with E-state index in [9.17, 15) is 4.79 Å². The fourth-order valence-corrected chi connectivity index (χ4v) is 2.30. The van der Waals surface area contributed by atoms with Crippen molar-refractivity contribution in [2.45, 2.75) is 20.5 Å². The molecule has 26 heavy (non-hydrogen) atoms. The van der Waals surface area contributed by atoms with E-state index in [1.807, 2.05) is 49.4 Å². The zero-order valence-corrected chi connectivity index (χ0v) is 15.4. The Labute approximate surface area is 154 Å². The largest absolute Gasteiger partial charge is 0.493 e. The number of esters is 1. The summed E-state index contributed by atoms with van der Waals surface area (Å²) >= 11 is 0. The summed E-state index contributed by atoms with van der Waals surface area (Å²) in [6, 6.07) is 15.3. The molecule has 0 heterocycles. The van der Waals surface area contributed by atoms with Gasteiger partial charge in [0.2, 0.25) is 5.76 Å². The number of methoxy groups -OCH3 is 1. The highest BCUT2D eigenvalue weighted by Gasteiger charge is 2.13. The lowest BCUT2D eigenvalue weighted by Crippen LogP contribution is -2.10. The van der Waals surface area contributed by atoms with Crippen LogP contribution in [0.25, 0.3) is 6.08 Å². The van der Waals surface area contributed by atoms with E-state index in [1.165, 1.54) is 0 Å². The molecule has 5 heteroatoms. The van der Waals surface area contributed by atoms with Crippen LogP contribution in [0.3, 0.4) is 0 Å². The molecular weight excluding hydrogens is 332 g/mol. The fourth-order valence-electron chi connectivity index (χ4n) is 2.30. The Kier molecular flexibility index (Phi) is 7.55. The van der Waals surface area contributed by atoms with Crippen LogP contribution in [0.1, 0.15) is 25.0 Å². The Morgan fingerprint density at radius 3 is 2.35 bits per heavy atom. The van der Waals surface area contributed by atoms with E-state index in [0.717, 1.165) is 11.1 Å². The van der Waals surface area contributed by atoms with Gasteiger partial charge in [0, 0.05) is 0 Å². The SMILES string of the molecule is CCOC(=O)/C(=C/c1ccc(OCc2ccccc2)c(OC)c1)OCC. The number of carbonyl (C=O) groups excluding carboxylic acids is 1. The maximum atomic E-state index is 11.9. The second kappa shape index (κ2) is 10.1. The topological polar surface area (TPSA) is 54.0 Å². The molecule has 0 aromatic heterocycles. The van der Waals surface area contributed by atoms with Gasteiger partial charge < -0.3 is 18.9 Å². The molecule has 0 saturated heterocycles. The molecule has 0 atom stereocenters. The van der Waals surface area contributed by atoms with E-state index < -0.39 is 5.97 Å². The van der Waals surface area contributed by atoms with Crippen molar-refractivity contribution in [2.75, 3.05) is 20.3 Å². The van der Waals surface area contributed by atoms with Gasteiger partial charge >= 0.3 is 5.97 Å². The molecule has 0 amide bonds. The second-order valence-corrected chi connectivity index (χ2v) is 5.35. The number of hydrogen-bond acceptors (Lipinski definition) is 5. The zero-order chi connectivity index (χ0) is 18.8. The van der Waals surface area contributed by atoms with Crippen molar-refractivity contribution in [1.29, 1.82) is 0 Å². The van der Waals surface area contributed by atoms with E-state index >= 15 is 0 Å². The predicted molar refractivity (Wildman–Crippen MR) is 100 cm³/mol. The summed E-state index contributed by atoms with van der Waals surface area (Å²) < 4.78 is 21.6. The van der Waals surface area contributed by atoms with Crippen molar-refractivity contribution in [2.24, 2.45) is 0 Å². The van der Waals surface area contributed by atoms with Crippen LogP contribution in [0.5, 0.6) is 11.5 Å². The third-order valence-corrected chi connectivity index (χ3v) is 3.50. The molecule has 0 saturated carbocycles. The monoisotopic (exact) mass is 356 g/mol. The van der Waals surface area contributed by atoms with Crippen LogP contribution in [0.15, 0.2) is 54.3 Å². The molecule has 0 bridgehead atoms.